The Hall–Kier alpha value is -2.89. The normalized spacial score (nSPS) is 15.7. The topological polar surface area (TPSA) is 75.7 Å². The molecule has 0 saturated carbocycles. The van der Waals surface area contributed by atoms with Crippen LogP contribution >= 0.6 is 0 Å². The molecule has 1 fully saturated rings. The van der Waals surface area contributed by atoms with E-state index in [0.29, 0.717) is 0 Å². The highest BCUT2D eigenvalue weighted by atomic mass is 16.5. The van der Waals surface area contributed by atoms with E-state index in [-0.39, 0.29) is 30.6 Å². The van der Waals surface area contributed by atoms with Crippen molar-refractivity contribution in [3.05, 3.63) is 42.0 Å². The van der Waals surface area contributed by atoms with E-state index < -0.39 is 5.92 Å². The van der Waals surface area contributed by atoms with Crippen LogP contribution in [0.1, 0.15) is 31.2 Å². The zero-order valence-corrected chi connectivity index (χ0v) is 13.5. The summed E-state index contributed by atoms with van der Waals surface area (Å²) in [4.78, 5) is 35.5. The summed E-state index contributed by atoms with van der Waals surface area (Å²) in [5.74, 6) is -0.839. The van der Waals surface area contributed by atoms with Gasteiger partial charge in [0.15, 0.2) is 0 Å². The van der Waals surface area contributed by atoms with Gasteiger partial charge in [-0.1, -0.05) is 24.3 Å². The largest absolute Gasteiger partial charge is 0.497 e. The number of nitrogens with zero attached hydrogens (tertiary/aromatic N) is 1. The van der Waals surface area contributed by atoms with Gasteiger partial charge >= 0.3 is 0 Å². The number of benzene rings is 2. The van der Waals surface area contributed by atoms with Crippen LogP contribution in [-0.2, 0) is 14.4 Å². The fraction of sp³-hybridized carbons (Fsp3) is 0.278. The zero-order valence-electron chi connectivity index (χ0n) is 13.5. The number of ether oxygens (including phenoxy) is 1. The van der Waals surface area contributed by atoms with Gasteiger partial charge in [-0.25, -0.2) is 0 Å². The Bertz CT molecular complexity index is 815. The quantitative estimate of drug-likeness (QED) is 0.873. The van der Waals surface area contributed by atoms with Gasteiger partial charge in [-0.15, -0.1) is 0 Å². The number of amides is 3. The number of carbonyl (C=O) groups is 3. The number of nitrogens with one attached hydrogen (secondary N) is 1. The molecule has 6 heteroatoms. The van der Waals surface area contributed by atoms with Crippen molar-refractivity contribution in [2.24, 2.45) is 0 Å². The van der Waals surface area contributed by atoms with Crippen LogP contribution in [0, 0.1) is 0 Å². The van der Waals surface area contributed by atoms with E-state index in [1.165, 1.54) is 0 Å². The summed E-state index contributed by atoms with van der Waals surface area (Å²) in [6.45, 7) is 1.74. The molecule has 1 N–H and O–H groups in total. The first kappa shape index (κ1) is 16.0. The number of carbonyl (C=O) groups excluding carboxylic acids is 3. The van der Waals surface area contributed by atoms with Crippen LogP contribution in [0.15, 0.2) is 36.4 Å². The summed E-state index contributed by atoms with van der Waals surface area (Å²) in [5.41, 5.74) is 3.23. The van der Waals surface area contributed by atoms with Crippen molar-refractivity contribution >= 4 is 28.5 Å². The fourth-order valence-electron chi connectivity index (χ4n) is 2.70. The number of hydrogen-bond acceptors (Lipinski definition) is 4. The second kappa shape index (κ2) is 6.31. The Labute approximate surface area is 139 Å². The van der Waals surface area contributed by atoms with Crippen molar-refractivity contribution < 1.29 is 19.1 Å². The first-order chi connectivity index (χ1) is 11.5. The number of hydrazine groups is 1. The zero-order chi connectivity index (χ0) is 17.3. The van der Waals surface area contributed by atoms with Crippen LogP contribution in [0.25, 0.3) is 10.8 Å². The second-order valence-corrected chi connectivity index (χ2v) is 5.79. The maximum absolute atomic E-state index is 12.3. The highest BCUT2D eigenvalue weighted by molar-refractivity contribution is 6.03. The number of fused-ring (bicyclic) bond motifs is 1. The van der Waals surface area contributed by atoms with Gasteiger partial charge in [0.25, 0.3) is 0 Å². The lowest BCUT2D eigenvalue weighted by Crippen LogP contribution is -2.46. The predicted octanol–water partition coefficient (Wildman–Crippen LogP) is 2.13. The highest BCUT2D eigenvalue weighted by Gasteiger charge is 2.31. The Balaban J connectivity index is 1.80. The van der Waals surface area contributed by atoms with Crippen LogP contribution < -0.4 is 10.2 Å². The Kier molecular flexibility index (Phi) is 4.20. The summed E-state index contributed by atoms with van der Waals surface area (Å²) >= 11 is 0. The molecule has 2 aromatic rings. The molecule has 1 aliphatic rings. The molecule has 0 aliphatic carbocycles. The van der Waals surface area contributed by atoms with Crippen LogP contribution in [0.5, 0.6) is 5.75 Å². The summed E-state index contributed by atoms with van der Waals surface area (Å²) in [5, 5.41) is 2.82. The molecule has 2 aromatic carbocycles. The molecular weight excluding hydrogens is 308 g/mol. The average Bonchev–Trinajstić information content (AvgIpc) is 2.92. The van der Waals surface area contributed by atoms with Crippen molar-refractivity contribution in [1.29, 1.82) is 0 Å². The molecule has 3 rings (SSSR count). The van der Waals surface area contributed by atoms with Gasteiger partial charge in [-0.3, -0.25) is 19.8 Å². The molecule has 24 heavy (non-hydrogen) atoms. The molecule has 0 bridgehead atoms. The van der Waals surface area contributed by atoms with Gasteiger partial charge in [-0.2, -0.15) is 5.01 Å². The third-order valence-corrected chi connectivity index (χ3v) is 4.24. The van der Waals surface area contributed by atoms with Gasteiger partial charge in [-0.05, 0) is 35.4 Å². The van der Waals surface area contributed by atoms with Crippen molar-refractivity contribution in [1.82, 2.24) is 10.4 Å². The van der Waals surface area contributed by atoms with Crippen molar-refractivity contribution in [2.75, 3.05) is 7.11 Å². The first-order valence-corrected chi connectivity index (χ1v) is 7.73. The average molecular weight is 326 g/mol. The van der Waals surface area contributed by atoms with E-state index in [4.69, 9.17) is 4.74 Å². The van der Waals surface area contributed by atoms with Gasteiger partial charge in [0.1, 0.15) is 5.75 Å². The smallest absolute Gasteiger partial charge is 0.248 e. The molecular formula is C18H18N2O4. The Morgan fingerprint density at radius 3 is 2.38 bits per heavy atom. The summed E-state index contributed by atoms with van der Waals surface area (Å²) < 4.78 is 5.20. The highest BCUT2D eigenvalue weighted by Crippen LogP contribution is 2.25. The van der Waals surface area contributed by atoms with Crippen molar-refractivity contribution in [3.8, 4) is 5.75 Å². The van der Waals surface area contributed by atoms with E-state index >= 15 is 0 Å². The summed E-state index contributed by atoms with van der Waals surface area (Å²) in [7, 11) is 1.61. The number of rotatable bonds is 4. The van der Waals surface area contributed by atoms with Gasteiger partial charge in [0, 0.05) is 12.8 Å². The lowest BCUT2D eigenvalue weighted by molar-refractivity contribution is -0.148. The van der Waals surface area contributed by atoms with Gasteiger partial charge < -0.3 is 4.74 Å². The number of methoxy groups -OCH3 is 1. The molecule has 1 saturated heterocycles. The van der Waals surface area contributed by atoms with E-state index in [2.05, 4.69) is 5.43 Å². The lowest BCUT2D eigenvalue weighted by Gasteiger charge is -2.19. The van der Waals surface area contributed by atoms with Gasteiger partial charge in [0.05, 0.1) is 13.0 Å². The van der Waals surface area contributed by atoms with E-state index in [1.54, 1.807) is 14.0 Å². The van der Waals surface area contributed by atoms with Crippen molar-refractivity contribution in [2.45, 2.75) is 25.7 Å². The Morgan fingerprint density at radius 2 is 1.71 bits per heavy atom. The van der Waals surface area contributed by atoms with Crippen LogP contribution in [0.2, 0.25) is 0 Å². The second-order valence-electron chi connectivity index (χ2n) is 5.79. The third kappa shape index (κ3) is 2.95. The number of hydrogen-bond donors (Lipinski definition) is 1. The van der Waals surface area contributed by atoms with Crippen LogP contribution in [0.4, 0.5) is 0 Å². The molecule has 3 amide bonds. The summed E-state index contributed by atoms with van der Waals surface area (Å²) in [6.07, 6.45) is 0.288. The molecule has 6 nitrogen and oxygen atoms in total. The van der Waals surface area contributed by atoms with Gasteiger partial charge in [0.2, 0.25) is 17.7 Å². The molecule has 1 aliphatic heterocycles. The standard InChI is InChI=1S/C18H18N2O4/c1-11(18(23)19-20-16(21)7-8-17(20)22)12-3-4-14-10-15(24-2)6-5-13(14)9-12/h3-6,9-11H,7-8H2,1-2H3,(H,19,23). The minimum absolute atomic E-state index is 0.144. The fourth-order valence-corrected chi connectivity index (χ4v) is 2.70. The minimum atomic E-state index is -0.488. The van der Waals surface area contributed by atoms with Crippen LogP contribution in [0.3, 0.4) is 0 Å². The molecule has 1 unspecified atom stereocenters. The maximum atomic E-state index is 12.3. The molecule has 1 atom stereocenters. The first-order valence-electron chi connectivity index (χ1n) is 7.73. The SMILES string of the molecule is COc1ccc2cc(C(C)C(=O)NN3C(=O)CCC3=O)ccc2c1. The molecule has 0 spiro atoms. The monoisotopic (exact) mass is 326 g/mol. The summed E-state index contributed by atoms with van der Waals surface area (Å²) in [6, 6.07) is 11.4. The predicted molar refractivity (Wildman–Crippen MR) is 88.1 cm³/mol. The lowest BCUT2D eigenvalue weighted by atomic mass is 9.97. The third-order valence-electron chi connectivity index (χ3n) is 4.24. The molecule has 0 radical (unpaired) electrons. The number of imide groups is 1. The van der Waals surface area contributed by atoms with E-state index in [1.807, 2.05) is 36.4 Å². The molecule has 124 valence electrons. The van der Waals surface area contributed by atoms with Crippen molar-refractivity contribution in [3.63, 3.8) is 0 Å². The molecule has 0 aromatic heterocycles. The van der Waals surface area contributed by atoms with E-state index in [0.717, 1.165) is 27.1 Å². The minimum Gasteiger partial charge on any atom is -0.497 e. The Morgan fingerprint density at radius 1 is 1.08 bits per heavy atom. The maximum Gasteiger partial charge on any atom is 0.248 e. The molecule has 1 heterocycles. The van der Waals surface area contributed by atoms with E-state index in [9.17, 15) is 14.4 Å². The van der Waals surface area contributed by atoms with Crippen LogP contribution in [-0.4, -0.2) is 29.8 Å².